The summed E-state index contributed by atoms with van der Waals surface area (Å²) in [5.74, 6) is -2.15. The first kappa shape index (κ1) is 13.9. The smallest absolute Gasteiger partial charge is 0.312 e. The topological polar surface area (TPSA) is 87.0 Å². The van der Waals surface area contributed by atoms with Crippen LogP contribution in [0.3, 0.4) is 0 Å². The zero-order valence-corrected chi connectivity index (χ0v) is 10.5. The van der Waals surface area contributed by atoms with Crippen LogP contribution >= 0.6 is 0 Å². The predicted octanol–water partition coefficient (Wildman–Crippen LogP) is 1.93. The van der Waals surface area contributed by atoms with Crippen LogP contribution in [0.1, 0.15) is 18.1 Å². The molecule has 5 nitrogen and oxygen atoms in total. The normalized spacial score (nSPS) is 12.6. The van der Waals surface area contributed by atoms with Crippen LogP contribution in [0.25, 0.3) is 6.08 Å². The quantitative estimate of drug-likeness (QED) is 0.565. The van der Waals surface area contributed by atoms with Crippen LogP contribution < -0.4 is 0 Å². The van der Waals surface area contributed by atoms with E-state index in [9.17, 15) is 20.1 Å². The highest BCUT2D eigenvalue weighted by molar-refractivity contribution is 5.76. The summed E-state index contributed by atoms with van der Waals surface area (Å²) >= 11 is 0. The molecule has 0 spiro atoms. The zero-order valence-electron chi connectivity index (χ0n) is 10.5. The standard InChI is InChI=1S/C13H16O5/c1-7(13(17)18-3)4-5-9-6-10(14)12(16)11(15)8(9)2/h4-7,14-16H,1-3H3/b5-4+. The largest absolute Gasteiger partial charge is 0.504 e. The van der Waals surface area contributed by atoms with Gasteiger partial charge in [0.25, 0.3) is 0 Å². The number of hydrogen-bond donors (Lipinski definition) is 3. The van der Waals surface area contributed by atoms with Crippen LogP contribution in [0.15, 0.2) is 12.1 Å². The van der Waals surface area contributed by atoms with Gasteiger partial charge in [0, 0.05) is 5.56 Å². The molecule has 1 aromatic rings. The molecule has 5 heteroatoms. The van der Waals surface area contributed by atoms with Crippen molar-refractivity contribution in [2.45, 2.75) is 13.8 Å². The average molecular weight is 252 g/mol. The molecule has 1 unspecified atom stereocenters. The number of methoxy groups -OCH3 is 1. The van der Waals surface area contributed by atoms with E-state index in [1.807, 2.05) is 0 Å². The lowest BCUT2D eigenvalue weighted by Gasteiger charge is -2.08. The Morgan fingerprint density at radius 2 is 1.94 bits per heavy atom. The van der Waals surface area contributed by atoms with Gasteiger partial charge in [-0.05, 0) is 25.5 Å². The van der Waals surface area contributed by atoms with Crippen LogP contribution in [-0.2, 0) is 9.53 Å². The van der Waals surface area contributed by atoms with Gasteiger partial charge in [-0.15, -0.1) is 0 Å². The van der Waals surface area contributed by atoms with Gasteiger partial charge in [-0.2, -0.15) is 0 Å². The lowest BCUT2D eigenvalue weighted by molar-refractivity contribution is -0.143. The molecule has 3 N–H and O–H groups in total. The number of rotatable bonds is 3. The third-order valence-corrected chi connectivity index (χ3v) is 2.68. The Bertz CT molecular complexity index is 491. The Kier molecular flexibility index (Phi) is 4.20. The SMILES string of the molecule is COC(=O)C(C)/C=C/c1cc(O)c(O)c(O)c1C. The van der Waals surface area contributed by atoms with E-state index < -0.39 is 17.4 Å². The molecule has 0 aromatic heterocycles. The minimum absolute atomic E-state index is 0.375. The van der Waals surface area contributed by atoms with Crippen LogP contribution in [-0.4, -0.2) is 28.4 Å². The van der Waals surface area contributed by atoms with Gasteiger partial charge >= 0.3 is 5.97 Å². The Balaban J connectivity index is 3.06. The maximum atomic E-state index is 11.2. The highest BCUT2D eigenvalue weighted by atomic mass is 16.5. The molecule has 0 aliphatic rings. The number of ether oxygens (including phenoxy) is 1. The first-order valence-electron chi connectivity index (χ1n) is 5.39. The lowest BCUT2D eigenvalue weighted by atomic mass is 10.0. The van der Waals surface area contributed by atoms with Gasteiger partial charge in [-0.3, -0.25) is 4.79 Å². The molecule has 1 atom stereocenters. The van der Waals surface area contributed by atoms with Crippen molar-refractivity contribution in [1.82, 2.24) is 0 Å². The summed E-state index contributed by atoms with van der Waals surface area (Å²) in [6.07, 6.45) is 3.17. The minimum atomic E-state index is -0.550. The van der Waals surface area contributed by atoms with Gasteiger partial charge in [0.15, 0.2) is 11.5 Å². The fourth-order valence-electron chi connectivity index (χ4n) is 1.45. The Morgan fingerprint density at radius 3 is 2.50 bits per heavy atom. The van der Waals surface area contributed by atoms with Crippen molar-refractivity contribution in [3.63, 3.8) is 0 Å². The van der Waals surface area contributed by atoms with E-state index in [1.165, 1.54) is 13.2 Å². The Morgan fingerprint density at radius 1 is 1.33 bits per heavy atom. The molecule has 18 heavy (non-hydrogen) atoms. The molecule has 0 fully saturated rings. The van der Waals surface area contributed by atoms with Gasteiger partial charge in [-0.25, -0.2) is 0 Å². The molecular weight excluding hydrogens is 236 g/mol. The molecule has 0 amide bonds. The van der Waals surface area contributed by atoms with Crippen molar-refractivity contribution in [3.8, 4) is 17.2 Å². The summed E-state index contributed by atoms with van der Waals surface area (Å²) < 4.78 is 4.57. The van der Waals surface area contributed by atoms with Crippen LogP contribution in [0.5, 0.6) is 17.2 Å². The van der Waals surface area contributed by atoms with E-state index >= 15 is 0 Å². The van der Waals surface area contributed by atoms with Crippen molar-refractivity contribution in [1.29, 1.82) is 0 Å². The van der Waals surface area contributed by atoms with Crippen molar-refractivity contribution >= 4 is 12.0 Å². The number of phenols is 3. The second-order valence-electron chi connectivity index (χ2n) is 3.98. The number of carbonyl (C=O) groups is 1. The van der Waals surface area contributed by atoms with Crippen LogP contribution in [0, 0.1) is 12.8 Å². The highest BCUT2D eigenvalue weighted by Crippen LogP contribution is 2.39. The van der Waals surface area contributed by atoms with E-state index in [4.69, 9.17) is 0 Å². The number of benzene rings is 1. The van der Waals surface area contributed by atoms with Crippen molar-refractivity contribution in [2.24, 2.45) is 5.92 Å². The summed E-state index contributed by atoms with van der Waals surface area (Å²) in [6.45, 7) is 3.26. The third-order valence-electron chi connectivity index (χ3n) is 2.68. The first-order valence-corrected chi connectivity index (χ1v) is 5.39. The van der Waals surface area contributed by atoms with Gasteiger partial charge in [-0.1, -0.05) is 12.2 Å². The minimum Gasteiger partial charge on any atom is -0.504 e. The second-order valence-corrected chi connectivity index (χ2v) is 3.98. The van der Waals surface area contributed by atoms with Gasteiger partial charge in [0.2, 0.25) is 5.75 Å². The van der Waals surface area contributed by atoms with Gasteiger partial charge < -0.3 is 20.1 Å². The third kappa shape index (κ3) is 2.74. The molecule has 0 bridgehead atoms. The summed E-state index contributed by atoms with van der Waals surface area (Å²) in [4.78, 5) is 11.2. The summed E-state index contributed by atoms with van der Waals surface area (Å²) in [7, 11) is 1.30. The van der Waals surface area contributed by atoms with Crippen molar-refractivity contribution < 1.29 is 24.9 Å². The second kappa shape index (κ2) is 5.44. The maximum Gasteiger partial charge on any atom is 0.312 e. The predicted molar refractivity (Wildman–Crippen MR) is 66.4 cm³/mol. The number of aromatic hydroxyl groups is 3. The number of phenolic OH excluding ortho intramolecular Hbond substituents is 3. The van der Waals surface area contributed by atoms with E-state index in [0.29, 0.717) is 11.1 Å². The molecule has 0 aliphatic heterocycles. The maximum absolute atomic E-state index is 11.2. The van der Waals surface area contributed by atoms with E-state index in [0.717, 1.165) is 0 Å². The first-order chi connectivity index (χ1) is 8.38. The lowest BCUT2D eigenvalue weighted by Crippen LogP contribution is -2.09. The summed E-state index contributed by atoms with van der Waals surface area (Å²) in [6, 6.07) is 1.31. The molecule has 1 aromatic carbocycles. The molecule has 1 rings (SSSR count). The van der Waals surface area contributed by atoms with Crippen molar-refractivity contribution in [3.05, 3.63) is 23.3 Å². The molecular formula is C13H16O5. The van der Waals surface area contributed by atoms with Crippen LogP contribution in [0.2, 0.25) is 0 Å². The van der Waals surface area contributed by atoms with Gasteiger partial charge in [0.05, 0.1) is 13.0 Å². The summed E-state index contributed by atoms with van der Waals surface area (Å²) in [5.41, 5.74) is 0.928. The zero-order chi connectivity index (χ0) is 13.9. The number of carbonyl (C=O) groups excluding carboxylic acids is 1. The molecule has 0 radical (unpaired) electrons. The fourth-order valence-corrected chi connectivity index (χ4v) is 1.45. The fraction of sp³-hybridized carbons (Fsp3) is 0.308. The number of esters is 1. The number of hydrogen-bond acceptors (Lipinski definition) is 5. The highest BCUT2D eigenvalue weighted by Gasteiger charge is 2.13. The molecule has 98 valence electrons. The van der Waals surface area contributed by atoms with Gasteiger partial charge in [0.1, 0.15) is 0 Å². The van der Waals surface area contributed by atoms with Crippen LogP contribution in [0.4, 0.5) is 0 Å². The van der Waals surface area contributed by atoms with E-state index in [-0.39, 0.29) is 11.7 Å². The molecule has 0 heterocycles. The Labute approximate surface area is 105 Å². The molecule has 0 saturated carbocycles. The van der Waals surface area contributed by atoms with Crippen molar-refractivity contribution in [2.75, 3.05) is 7.11 Å². The molecule has 0 saturated heterocycles. The van der Waals surface area contributed by atoms with E-state index in [2.05, 4.69) is 4.74 Å². The average Bonchev–Trinajstić information content (AvgIpc) is 2.37. The monoisotopic (exact) mass is 252 g/mol. The van der Waals surface area contributed by atoms with E-state index in [1.54, 1.807) is 26.0 Å². The molecule has 0 aliphatic carbocycles. The summed E-state index contributed by atoms with van der Waals surface area (Å²) in [5, 5.41) is 28.3. The Hall–Kier alpha value is -2.17.